The average molecular weight is 288 g/mol. The van der Waals surface area contributed by atoms with Crippen LogP contribution in [-0.4, -0.2) is 35.3 Å². The van der Waals surface area contributed by atoms with Crippen LogP contribution in [0.25, 0.3) is 0 Å². The quantitative estimate of drug-likeness (QED) is 0.854. The second-order valence-corrected chi connectivity index (χ2v) is 5.07. The molecule has 0 spiro atoms. The van der Waals surface area contributed by atoms with Gasteiger partial charge in [-0.05, 0) is 19.3 Å². The average Bonchev–Trinajstić information content (AvgIpc) is 2.84. The van der Waals surface area contributed by atoms with Gasteiger partial charge >= 0.3 is 6.18 Å². The largest absolute Gasteiger partial charge is 0.433 e. The summed E-state index contributed by atoms with van der Waals surface area (Å²) in [5.74, 6) is -0.110. The van der Waals surface area contributed by atoms with Gasteiger partial charge in [0.05, 0.1) is 18.8 Å². The normalized spacial score (nSPS) is 26.6. The minimum Gasteiger partial charge on any atom is -0.374 e. The summed E-state index contributed by atoms with van der Waals surface area (Å²) in [6.07, 6.45) is -1.59. The minimum atomic E-state index is -4.52. The van der Waals surface area contributed by atoms with Crippen LogP contribution in [0, 0.1) is 0 Å². The molecule has 2 unspecified atom stereocenters. The molecular weight excluding hydrogens is 273 g/mol. The van der Waals surface area contributed by atoms with Crippen molar-refractivity contribution >= 4 is 11.8 Å². The van der Waals surface area contributed by atoms with Crippen molar-refractivity contribution in [3.8, 4) is 0 Å². The van der Waals surface area contributed by atoms with Gasteiger partial charge in [-0.15, -0.1) is 0 Å². The Kier molecular flexibility index (Phi) is 3.19. The second-order valence-electron chi connectivity index (χ2n) is 5.07. The Morgan fingerprint density at radius 3 is 2.85 bits per heavy atom. The lowest BCUT2D eigenvalue weighted by Gasteiger charge is -2.38. The molecule has 3 rings (SSSR count). The van der Waals surface area contributed by atoms with Gasteiger partial charge in [-0.2, -0.15) is 18.2 Å². The van der Waals surface area contributed by atoms with Gasteiger partial charge in [0.25, 0.3) is 0 Å². The van der Waals surface area contributed by atoms with E-state index in [-0.39, 0.29) is 23.9 Å². The van der Waals surface area contributed by atoms with Crippen molar-refractivity contribution in [3.05, 3.63) is 11.8 Å². The van der Waals surface area contributed by atoms with E-state index in [0.717, 1.165) is 25.3 Å². The summed E-state index contributed by atoms with van der Waals surface area (Å²) >= 11 is 0. The molecule has 8 heteroatoms. The highest BCUT2D eigenvalue weighted by Gasteiger charge is 2.39. The van der Waals surface area contributed by atoms with E-state index < -0.39 is 11.9 Å². The number of anilines is 2. The van der Waals surface area contributed by atoms with Crippen LogP contribution in [-0.2, 0) is 10.9 Å². The Balaban J connectivity index is 1.95. The summed E-state index contributed by atoms with van der Waals surface area (Å²) in [7, 11) is 0. The fourth-order valence-corrected chi connectivity index (χ4v) is 2.96. The molecule has 0 bridgehead atoms. The highest BCUT2D eigenvalue weighted by molar-refractivity contribution is 5.46. The van der Waals surface area contributed by atoms with Crippen molar-refractivity contribution in [1.29, 1.82) is 0 Å². The van der Waals surface area contributed by atoms with E-state index >= 15 is 0 Å². The minimum absolute atomic E-state index is 0.0780. The number of nitrogens with zero attached hydrogens (tertiary/aromatic N) is 3. The highest BCUT2D eigenvalue weighted by atomic mass is 19.4. The van der Waals surface area contributed by atoms with E-state index in [4.69, 9.17) is 10.5 Å². The van der Waals surface area contributed by atoms with Crippen LogP contribution in [0.5, 0.6) is 0 Å². The summed E-state index contributed by atoms with van der Waals surface area (Å²) in [6, 6.07) is 1.05. The molecule has 1 aliphatic carbocycles. The molecule has 0 radical (unpaired) electrons. The smallest absolute Gasteiger partial charge is 0.374 e. The van der Waals surface area contributed by atoms with Gasteiger partial charge in [-0.3, -0.25) is 0 Å². The monoisotopic (exact) mass is 288 g/mol. The van der Waals surface area contributed by atoms with E-state index in [9.17, 15) is 13.2 Å². The number of hydrogen-bond donors (Lipinski definition) is 1. The summed E-state index contributed by atoms with van der Waals surface area (Å²) in [6.45, 7) is 1.02. The molecular formula is C12H15F3N4O. The Hall–Kier alpha value is -1.57. The molecule has 1 saturated heterocycles. The predicted octanol–water partition coefficient (Wildman–Crippen LogP) is 1.84. The standard InChI is InChI=1S/C12H15F3N4O/c13-12(14,15)9-6-10(18-11(16)17-9)19-4-5-20-8-3-1-2-7(8)19/h6-8H,1-5H2,(H2,16,17,18). The number of nitrogens with two attached hydrogens (primary N) is 1. The zero-order valence-corrected chi connectivity index (χ0v) is 10.7. The third-order valence-electron chi connectivity index (χ3n) is 3.80. The van der Waals surface area contributed by atoms with E-state index in [1.54, 1.807) is 0 Å². The molecule has 5 nitrogen and oxygen atoms in total. The third-order valence-corrected chi connectivity index (χ3v) is 3.80. The number of ether oxygens (including phenoxy) is 1. The van der Waals surface area contributed by atoms with Crippen molar-refractivity contribution in [2.24, 2.45) is 0 Å². The van der Waals surface area contributed by atoms with Gasteiger partial charge in [0, 0.05) is 12.6 Å². The van der Waals surface area contributed by atoms with Gasteiger partial charge < -0.3 is 15.4 Å². The van der Waals surface area contributed by atoms with Gasteiger partial charge in [0.2, 0.25) is 5.95 Å². The molecule has 1 aliphatic heterocycles. The van der Waals surface area contributed by atoms with E-state index in [2.05, 4.69) is 9.97 Å². The lowest BCUT2D eigenvalue weighted by molar-refractivity contribution is -0.141. The van der Waals surface area contributed by atoms with Crippen molar-refractivity contribution in [2.45, 2.75) is 37.6 Å². The Morgan fingerprint density at radius 1 is 1.30 bits per heavy atom. The Bertz CT molecular complexity index is 508. The Labute approximate surface area is 113 Å². The second kappa shape index (κ2) is 4.76. The van der Waals surface area contributed by atoms with Crippen LogP contribution in [0.1, 0.15) is 25.0 Å². The summed E-state index contributed by atoms with van der Waals surface area (Å²) < 4.78 is 44.0. The van der Waals surface area contributed by atoms with Gasteiger partial charge in [0.15, 0.2) is 5.69 Å². The topological polar surface area (TPSA) is 64.3 Å². The first kappa shape index (κ1) is 13.4. The molecule has 2 heterocycles. The molecule has 1 aromatic heterocycles. The molecule has 2 aliphatic rings. The molecule has 0 amide bonds. The maximum atomic E-state index is 12.8. The van der Waals surface area contributed by atoms with Crippen molar-refractivity contribution in [1.82, 2.24) is 9.97 Å². The third kappa shape index (κ3) is 2.39. The first-order valence-corrected chi connectivity index (χ1v) is 6.55. The van der Waals surface area contributed by atoms with Crippen LogP contribution < -0.4 is 10.6 Å². The van der Waals surface area contributed by atoms with Crippen LogP contribution in [0.3, 0.4) is 0 Å². The van der Waals surface area contributed by atoms with E-state index in [1.807, 2.05) is 4.90 Å². The number of aromatic nitrogens is 2. The van der Waals surface area contributed by atoms with Gasteiger partial charge in [-0.25, -0.2) is 4.98 Å². The molecule has 1 aromatic rings. The maximum Gasteiger partial charge on any atom is 0.433 e. The summed E-state index contributed by atoms with van der Waals surface area (Å²) in [5.41, 5.74) is 4.42. The number of morpholine rings is 1. The molecule has 2 N–H and O–H groups in total. The molecule has 2 fully saturated rings. The number of halogens is 3. The van der Waals surface area contributed by atoms with Gasteiger partial charge in [-0.1, -0.05) is 0 Å². The predicted molar refractivity (Wildman–Crippen MR) is 66.2 cm³/mol. The number of nitrogen functional groups attached to an aromatic ring is 1. The molecule has 2 atom stereocenters. The number of fused-ring (bicyclic) bond motifs is 1. The van der Waals surface area contributed by atoms with E-state index in [1.165, 1.54) is 0 Å². The fraction of sp³-hybridized carbons (Fsp3) is 0.667. The van der Waals surface area contributed by atoms with Crippen molar-refractivity contribution in [2.75, 3.05) is 23.8 Å². The molecule has 20 heavy (non-hydrogen) atoms. The number of rotatable bonds is 1. The van der Waals surface area contributed by atoms with Crippen LogP contribution in [0.15, 0.2) is 6.07 Å². The van der Waals surface area contributed by atoms with Crippen molar-refractivity contribution in [3.63, 3.8) is 0 Å². The highest BCUT2D eigenvalue weighted by Crippen LogP contribution is 2.35. The summed E-state index contributed by atoms with van der Waals surface area (Å²) in [5, 5.41) is 0. The van der Waals surface area contributed by atoms with Crippen LogP contribution in [0.4, 0.5) is 24.9 Å². The van der Waals surface area contributed by atoms with Gasteiger partial charge in [0.1, 0.15) is 5.82 Å². The lowest BCUT2D eigenvalue weighted by Crippen LogP contribution is -2.49. The van der Waals surface area contributed by atoms with Crippen LogP contribution in [0.2, 0.25) is 0 Å². The number of alkyl halides is 3. The van der Waals surface area contributed by atoms with Crippen molar-refractivity contribution < 1.29 is 17.9 Å². The first-order chi connectivity index (χ1) is 9.45. The first-order valence-electron chi connectivity index (χ1n) is 6.55. The van der Waals surface area contributed by atoms with Crippen LogP contribution >= 0.6 is 0 Å². The zero-order chi connectivity index (χ0) is 14.3. The fourth-order valence-electron chi connectivity index (χ4n) is 2.96. The molecule has 110 valence electrons. The molecule has 1 saturated carbocycles. The SMILES string of the molecule is Nc1nc(N2CCOC3CCCC32)cc(C(F)(F)F)n1. The molecule has 0 aromatic carbocycles. The Morgan fingerprint density at radius 2 is 2.10 bits per heavy atom. The maximum absolute atomic E-state index is 12.8. The summed E-state index contributed by atoms with van der Waals surface area (Å²) in [4.78, 5) is 9.11. The van der Waals surface area contributed by atoms with E-state index in [0.29, 0.717) is 13.2 Å². The lowest BCUT2D eigenvalue weighted by atomic mass is 10.1. The zero-order valence-electron chi connectivity index (χ0n) is 10.7. The number of hydrogen-bond acceptors (Lipinski definition) is 5.